The van der Waals surface area contributed by atoms with Crippen LogP contribution in [-0.4, -0.2) is 27.5 Å². The van der Waals surface area contributed by atoms with Gasteiger partial charge in [-0.05, 0) is 31.0 Å². The lowest BCUT2D eigenvalue weighted by Gasteiger charge is -2.12. The van der Waals surface area contributed by atoms with E-state index in [0.717, 1.165) is 6.42 Å². The lowest BCUT2D eigenvalue weighted by Crippen LogP contribution is -2.28. The molecule has 1 rings (SSSR count). The summed E-state index contributed by atoms with van der Waals surface area (Å²) in [6.07, 6.45) is 0.950. The molecule has 3 N–H and O–H groups in total. The number of benzene rings is 1. The predicted octanol–water partition coefficient (Wildman–Crippen LogP) is 1.51. The summed E-state index contributed by atoms with van der Waals surface area (Å²) in [5.41, 5.74) is 0.241. The van der Waals surface area contributed by atoms with Crippen molar-refractivity contribution in [2.24, 2.45) is 11.1 Å². The summed E-state index contributed by atoms with van der Waals surface area (Å²) in [7, 11) is -3.95. The summed E-state index contributed by atoms with van der Waals surface area (Å²) in [6.45, 7) is 6.63. The van der Waals surface area contributed by atoms with Gasteiger partial charge in [0.2, 0.25) is 10.0 Å². The van der Waals surface area contributed by atoms with Gasteiger partial charge in [0, 0.05) is 12.1 Å². The SMILES string of the molecule is CCOc1ccc(C(=O)NCC(C)CC)cc1S(N)(=O)=O. The second-order valence-corrected chi connectivity index (χ2v) is 6.39. The number of carbonyl (C=O) groups excluding carboxylic acids is 1. The van der Waals surface area contributed by atoms with Crippen LogP contribution in [0.15, 0.2) is 23.1 Å². The Bertz CT molecular complexity index is 599. The fourth-order valence-electron chi connectivity index (χ4n) is 1.66. The molecular formula is C14H22N2O4S. The first-order valence-electron chi connectivity index (χ1n) is 6.87. The third-order valence-electron chi connectivity index (χ3n) is 3.12. The molecule has 1 aromatic carbocycles. The molecule has 0 bridgehead atoms. The Hall–Kier alpha value is -1.60. The summed E-state index contributed by atoms with van der Waals surface area (Å²) >= 11 is 0. The van der Waals surface area contributed by atoms with Crippen LogP contribution < -0.4 is 15.2 Å². The highest BCUT2D eigenvalue weighted by Crippen LogP contribution is 2.24. The zero-order valence-electron chi connectivity index (χ0n) is 12.5. The third-order valence-corrected chi connectivity index (χ3v) is 4.05. The van der Waals surface area contributed by atoms with Crippen LogP contribution in [0.3, 0.4) is 0 Å². The number of hydrogen-bond donors (Lipinski definition) is 2. The van der Waals surface area contributed by atoms with Crippen molar-refractivity contribution < 1.29 is 17.9 Å². The quantitative estimate of drug-likeness (QED) is 0.797. The number of primary sulfonamides is 1. The minimum absolute atomic E-state index is 0.151. The number of hydrogen-bond acceptors (Lipinski definition) is 4. The van der Waals surface area contributed by atoms with Crippen molar-refractivity contribution in [3.8, 4) is 5.75 Å². The van der Waals surface area contributed by atoms with Gasteiger partial charge in [-0.25, -0.2) is 13.6 Å². The van der Waals surface area contributed by atoms with Gasteiger partial charge in [-0.2, -0.15) is 0 Å². The Morgan fingerprint density at radius 3 is 2.57 bits per heavy atom. The number of amides is 1. The molecule has 118 valence electrons. The molecule has 1 amide bonds. The average Bonchev–Trinajstić information content (AvgIpc) is 2.43. The van der Waals surface area contributed by atoms with Gasteiger partial charge in [-0.1, -0.05) is 20.3 Å². The zero-order valence-corrected chi connectivity index (χ0v) is 13.4. The van der Waals surface area contributed by atoms with Crippen LogP contribution in [0.1, 0.15) is 37.6 Å². The van der Waals surface area contributed by atoms with E-state index < -0.39 is 10.0 Å². The van der Waals surface area contributed by atoms with Crippen molar-refractivity contribution >= 4 is 15.9 Å². The number of nitrogens with one attached hydrogen (secondary N) is 1. The molecule has 0 aliphatic carbocycles. The lowest BCUT2D eigenvalue weighted by molar-refractivity contribution is 0.0947. The molecule has 7 heteroatoms. The van der Waals surface area contributed by atoms with Crippen molar-refractivity contribution in [3.05, 3.63) is 23.8 Å². The minimum atomic E-state index is -3.95. The maximum absolute atomic E-state index is 12.0. The van der Waals surface area contributed by atoms with E-state index in [1.807, 2.05) is 13.8 Å². The van der Waals surface area contributed by atoms with E-state index in [4.69, 9.17) is 9.88 Å². The van der Waals surface area contributed by atoms with Gasteiger partial charge >= 0.3 is 0 Å². The molecule has 0 aliphatic heterocycles. The van der Waals surface area contributed by atoms with E-state index in [1.54, 1.807) is 6.92 Å². The van der Waals surface area contributed by atoms with Gasteiger partial charge in [0.1, 0.15) is 10.6 Å². The van der Waals surface area contributed by atoms with E-state index in [9.17, 15) is 13.2 Å². The van der Waals surface area contributed by atoms with Gasteiger partial charge in [0.15, 0.2) is 0 Å². The molecule has 6 nitrogen and oxygen atoms in total. The number of carbonyl (C=O) groups is 1. The molecule has 0 spiro atoms. The van der Waals surface area contributed by atoms with Crippen LogP contribution in [0.4, 0.5) is 0 Å². The molecule has 0 fully saturated rings. The van der Waals surface area contributed by atoms with Crippen molar-refractivity contribution in [3.63, 3.8) is 0 Å². The maximum atomic E-state index is 12.0. The molecule has 1 unspecified atom stereocenters. The second-order valence-electron chi connectivity index (χ2n) is 4.86. The zero-order chi connectivity index (χ0) is 16.0. The van der Waals surface area contributed by atoms with E-state index >= 15 is 0 Å². The van der Waals surface area contributed by atoms with Crippen LogP contribution in [-0.2, 0) is 10.0 Å². The highest BCUT2D eigenvalue weighted by Gasteiger charge is 2.18. The highest BCUT2D eigenvalue weighted by atomic mass is 32.2. The predicted molar refractivity (Wildman–Crippen MR) is 80.8 cm³/mol. The lowest BCUT2D eigenvalue weighted by atomic mass is 10.1. The number of nitrogens with two attached hydrogens (primary N) is 1. The Kier molecular flexibility index (Phi) is 6.17. The fourth-order valence-corrected chi connectivity index (χ4v) is 2.36. The molecule has 0 saturated heterocycles. The smallest absolute Gasteiger partial charge is 0.251 e. The minimum Gasteiger partial charge on any atom is -0.492 e. The first-order chi connectivity index (χ1) is 9.79. The summed E-state index contributed by atoms with van der Waals surface area (Å²) in [4.78, 5) is 11.8. The van der Waals surface area contributed by atoms with Crippen molar-refractivity contribution in [2.45, 2.75) is 32.1 Å². The maximum Gasteiger partial charge on any atom is 0.251 e. The van der Waals surface area contributed by atoms with Crippen molar-refractivity contribution in [2.75, 3.05) is 13.2 Å². The van der Waals surface area contributed by atoms with E-state index in [-0.39, 0.29) is 22.1 Å². The van der Waals surface area contributed by atoms with Gasteiger partial charge < -0.3 is 10.1 Å². The van der Waals surface area contributed by atoms with Gasteiger partial charge in [0.25, 0.3) is 5.91 Å². The molecule has 0 radical (unpaired) electrons. The molecule has 1 atom stereocenters. The fraction of sp³-hybridized carbons (Fsp3) is 0.500. The monoisotopic (exact) mass is 314 g/mol. The highest BCUT2D eigenvalue weighted by molar-refractivity contribution is 7.89. The Morgan fingerprint density at radius 1 is 1.38 bits per heavy atom. The Balaban J connectivity index is 3.02. The molecule has 1 aromatic rings. The van der Waals surface area contributed by atoms with Gasteiger partial charge in [-0.3, -0.25) is 4.79 Å². The van der Waals surface area contributed by atoms with Crippen molar-refractivity contribution in [1.82, 2.24) is 5.32 Å². The summed E-state index contributed by atoms with van der Waals surface area (Å²) < 4.78 is 28.4. The normalized spacial score (nSPS) is 12.8. The number of rotatable bonds is 7. The van der Waals surface area contributed by atoms with E-state index in [1.165, 1.54) is 18.2 Å². The molecular weight excluding hydrogens is 292 g/mol. The molecule has 0 heterocycles. The van der Waals surface area contributed by atoms with Crippen LogP contribution in [0.5, 0.6) is 5.75 Å². The van der Waals surface area contributed by atoms with Crippen LogP contribution >= 0.6 is 0 Å². The molecule has 21 heavy (non-hydrogen) atoms. The molecule has 0 aliphatic rings. The topological polar surface area (TPSA) is 98.5 Å². The van der Waals surface area contributed by atoms with E-state index in [2.05, 4.69) is 5.32 Å². The molecule has 0 aromatic heterocycles. The second kappa shape index (κ2) is 7.42. The Morgan fingerprint density at radius 2 is 2.05 bits per heavy atom. The van der Waals surface area contributed by atoms with Crippen LogP contribution in [0, 0.1) is 5.92 Å². The largest absolute Gasteiger partial charge is 0.492 e. The van der Waals surface area contributed by atoms with Crippen LogP contribution in [0.2, 0.25) is 0 Å². The molecule has 0 saturated carbocycles. The summed E-state index contributed by atoms with van der Waals surface area (Å²) in [5.74, 6) is 0.177. The van der Waals surface area contributed by atoms with Crippen molar-refractivity contribution in [1.29, 1.82) is 0 Å². The van der Waals surface area contributed by atoms with E-state index in [0.29, 0.717) is 19.1 Å². The third kappa shape index (κ3) is 5.02. The average molecular weight is 314 g/mol. The Labute approximate surface area is 125 Å². The van der Waals surface area contributed by atoms with Crippen LogP contribution in [0.25, 0.3) is 0 Å². The number of sulfonamides is 1. The first-order valence-corrected chi connectivity index (χ1v) is 8.42. The first kappa shape index (κ1) is 17.5. The van der Waals surface area contributed by atoms with Gasteiger partial charge in [0.05, 0.1) is 6.61 Å². The number of ether oxygens (including phenoxy) is 1. The standard InChI is InChI=1S/C14H22N2O4S/c1-4-10(3)9-16-14(17)11-6-7-12(20-5-2)13(8-11)21(15,18)19/h6-8,10H,4-5,9H2,1-3H3,(H,16,17)(H2,15,18,19). The van der Waals surface area contributed by atoms with Gasteiger partial charge in [-0.15, -0.1) is 0 Å². The summed E-state index contributed by atoms with van der Waals surface area (Å²) in [5, 5.41) is 7.93. The summed E-state index contributed by atoms with van der Waals surface area (Å²) in [6, 6.07) is 4.21.